The number of ether oxygens (including phenoxy) is 1. The van der Waals surface area contributed by atoms with E-state index in [2.05, 4.69) is 47.6 Å². The molecule has 1 aromatic carbocycles. The van der Waals surface area contributed by atoms with Crippen molar-refractivity contribution in [2.45, 2.75) is 51.7 Å². The molecule has 0 atom stereocenters. The topological polar surface area (TPSA) is 34.1 Å². The summed E-state index contributed by atoms with van der Waals surface area (Å²) in [4.78, 5) is 4.66. The quantitative estimate of drug-likeness (QED) is 0.893. The van der Waals surface area contributed by atoms with Gasteiger partial charge in [0.1, 0.15) is 5.75 Å². The molecule has 1 aromatic heterocycles. The second-order valence-corrected chi connectivity index (χ2v) is 6.36. The van der Waals surface area contributed by atoms with Crippen LogP contribution in [0, 0.1) is 5.92 Å². The van der Waals surface area contributed by atoms with Crippen molar-refractivity contribution in [3.8, 4) is 5.75 Å². The highest BCUT2D eigenvalue weighted by molar-refractivity contribution is 5.80. The maximum Gasteiger partial charge on any atom is 0.120 e. The third-order valence-electron chi connectivity index (χ3n) is 4.75. The number of nitrogens with one attached hydrogen (secondary N) is 1. The van der Waals surface area contributed by atoms with Crippen LogP contribution in [0.15, 0.2) is 30.3 Å². The lowest BCUT2D eigenvalue weighted by molar-refractivity contribution is 0.130. The molecule has 0 amide bonds. The molecule has 3 heteroatoms. The molecule has 3 rings (SSSR count). The largest absolute Gasteiger partial charge is 0.490 e. The van der Waals surface area contributed by atoms with Crippen LogP contribution in [-0.2, 0) is 6.54 Å². The van der Waals surface area contributed by atoms with Gasteiger partial charge in [-0.25, -0.2) is 0 Å². The average molecular weight is 298 g/mol. The van der Waals surface area contributed by atoms with Crippen LogP contribution in [0.2, 0.25) is 0 Å². The van der Waals surface area contributed by atoms with Crippen molar-refractivity contribution in [3.05, 3.63) is 36.0 Å². The predicted molar refractivity (Wildman–Crippen MR) is 91.2 cm³/mol. The first-order valence-corrected chi connectivity index (χ1v) is 8.49. The minimum atomic E-state index is 0.386. The van der Waals surface area contributed by atoms with Crippen molar-refractivity contribution in [2.75, 3.05) is 7.05 Å². The third-order valence-corrected chi connectivity index (χ3v) is 4.75. The van der Waals surface area contributed by atoms with Crippen molar-refractivity contribution >= 4 is 10.9 Å². The van der Waals surface area contributed by atoms with Gasteiger partial charge in [-0.05, 0) is 62.9 Å². The highest BCUT2D eigenvalue weighted by atomic mass is 16.5. The van der Waals surface area contributed by atoms with Gasteiger partial charge in [-0.2, -0.15) is 0 Å². The van der Waals surface area contributed by atoms with Crippen LogP contribution in [-0.4, -0.2) is 18.1 Å². The number of aromatic nitrogens is 1. The van der Waals surface area contributed by atoms with Crippen molar-refractivity contribution in [1.29, 1.82) is 0 Å². The number of rotatable bonds is 5. The lowest BCUT2D eigenvalue weighted by atomic mass is 9.86. The van der Waals surface area contributed by atoms with Crippen molar-refractivity contribution < 1.29 is 4.74 Å². The summed E-state index contributed by atoms with van der Waals surface area (Å²) in [6.07, 6.45) is 6.69. The van der Waals surface area contributed by atoms with E-state index in [0.29, 0.717) is 6.10 Å². The predicted octanol–water partition coefficient (Wildman–Crippen LogP) is 4.30. The van der Waals surface area contributed by atoms with Gasteiger partial charge in [-0.15, -0.1) is 0 Å². The normalized spacial score (nSPS) is 21.9. The zero-order valence-corrected chi connectivity index (χ0v) is 13.6. The molecular formula is C19H26N2O. The van der Waals surface area contributed by atoms with E-state index in [4.69, 9.17) is 4.74 Å². The molecule has 118 valence electrons. The number of hydrogen-bond acceptors (Lipinski definition) is 3. The van der Waals surface area contributed by atoms with Crippen LogP contribution in [0.4, 0.5) is 0 Å². The third kappa shape index (κ3) is 3.58. The Morgan fingerprint density at radius 1 is 1.14 bits per heavy atom. The van der Waals surface area contributed by atoms with E-state index in [9.17, 15) is 0 Å². The Morgan fingerprint density at radius 2 is 1.95 bits per heavy atom. The Labute approximate surface area is 133 Å². The monoisotopic (exact) mass is 298 g/mol. The fourth-order valence-corrected chi connectivity index (χ4v) is 3.35. The van der Waals surface area contributed by atoms with E-state index in [1.807, 2.05) is 7.05 Å². The first-order valence-electron chi connectivity index (χ1n) is 8.49. The Bertz CT molecular complexity index is 618. The molecule has 2 aromatic rings. The molecular weight excluding hydrogens is 272 g/mol. The molecule has 22 heavy (non-hydrogen) atoms. The van der Waals surface area contributed by atoms with Gasteiger partial charge in [0.05, 0.1) is 17.3 Å². The fraction of sp³-hybridized carbons (Fsp3) is 0.526. The van der Waals surface area contributed by atoms with Crippen LogP contribution >= 0.6 is 0 Å². The lowest BCUT2D eigenvalue weighted by Crippen LogP contribution is -2.23. The Kier molecular flexibility index (Phi) is 4.94. The smallest absolute Gasteiger partial charge is 0.120 e. The second kappa shape index (κ2) is 7.10. The average Bonchev–Trinajstić information content (AvgIpc) is 2.56. The Balaban J connectivity index is 1.68. The zero-order chi connectivity index (χ0) is 15.4. The molecule has 0 radical (unpaired) electrons. The van der Waals surface area contributed by atoms with Gasteiger partial charge in [-0.3, -0.25) is 4.98 Å². The van der Waals surface area contributed by atoms with Gasteiger partial charge in [0.15, 0.2) is 0 Å². The first-order chi connectivity index (χ1) is 10.8. The first kappa shape index (κ1) is 15.3. The number of pyridine rings is 1. The summed E-state index contributed by atoms with van der Waals surface area (Å²) < 4.78 is 6.19. The maximum atomic E-state index is 6.19. The van der Waals surface area contributed by atoms with Crippen LogP contribution in [0.5, 0.6) is 5.75 Å². The maximum absolute atomic E-state index is 6.19. The van der Waals surface area contributed by atoms with Gasteiger partial charge in [0, 0.05) is 11.9 Å². The minimum Gasteiger partial charge on any atom is -0.490 e. The van der Waals surface area contributed by atoms with Gasteiger partial charge in [0.2, 0.25) is 0 Å². The summed E-state index contributed by atoms with van der Waals surface area (Å²) >= 11 is 0. The van der Waals surface area contributed by atoms with Crippen molar-refractivity contribution in [1.82, 2.24) is 10.3 Å². The molecule has 1 heterocycles. The Hall–Kier alpha value is -1.61. The SMILES string of the molecule is CCC1CCC(Oc2ccc3nc(CNC)ccc3c2)CC1. The van der Waals surface area contributed by atoms with E-state index >= 15 is 0 Å². The molecule has 3 nitrogen and oxygen atoms in total. The van der Waals surface area contributed by atoms with E-state index < -0.39 is 0 Å². The van der Waals surface area contributed by atoms with Gasteiger partial charge >= 0.3 is 0 Å². The molecule has 1 N–H and O–H groups in total. The lowest BCUT2D eigenvalue weighted by Gasteiger charge is -2.28. The van der Waals surface area contributed by atoms with Crippen LogP contribution in [0.3, 0.4) is 0 Å². The number of hydrogen-bond donors (Lipinski definition) is 1. The molecule has 0 bridgehead atoms. The summed E-state index contributed by atoms with van der Waals surface area (Å²) in [5, 5.41) is 4.29. The molecule has 0 spiro atoms. The van der Waals surface area contributed by atoms with Crippen LogP contribution in [0.25, 0.3) is 10.9 Å². The van der Waals surface area contributed by atoms with Gasteiger partial charge in [-0.1, -0.05) is 19.4 Å². The van der Waals surface area contributed by atoms with Crippen molar-refractivity contribution in [3.63, 3.8) is 0 Å². The molecule has 1 saturated carbocycles. The van der Waals surface area contributed by atoms with E-state index in [1.165, 1.54) is 32.1 Å². The highest BCUT2D eigenvalue weighted by Gasteiger charge is 2.21. The Morgan fingerprint density at radius 3 is 2.68 bits per heavy atom. The van der Waals surface area contributed by atoms with E-state index in [-0.39, 0.29) is 0 Å². The fourth-order valence-electron chi connectivity index (χ4n) is 3.35. The molecule has 0 saturated heterocycles. The second-order valence-electron chi connectivity index (χ2n) is 6.36. The highest BCUT2D eigenvalue weighted by Crippen LogP contribution is 2.30. The molecule has 1 aliphatic rings. The molecule has 0 unspecified atom stereocenters. The summed E-state index contributed by atoms with van der Waals surface area (Å²) in [7, 11) is 1.94. The number of nitrogens with zero attached hydrogens (tertiary/aromatic N) is 1. The molecule has 1 aliphatic carbocycles. The standard InChI is InChI=1S/C19H26N2O/c1-3-14-4-8-17(9-5-14)22-18-10-11-19-15(12-18)6-7-16(21-19)13-20-2/h6-7,10-12,14,17,20H,3-5,8-9,13H2,1-2H3. The van der Waals surface area contributed by atoms with Gasteiger partial charge in [0.25, 0.3) is 0 Å². The van der Waals surface area contributed by atoms with Gasteiger partial charge < -0.3 is 10.1 Å². The molecule has 0 aliphatic heterocycles. The number of fused-ring (bicyclic) bond motifs is 1. The van der Waals surface area contributed by atoms with Crippen molar-refractivity contribution in [2.24, 2.45) is 5.92 Å². The summed E-state index contributed by atoms with van der Waals surface area (Å²) in [5.74, 6) is 1.89. The minimum absolute atomic E-state index is 0.386. The van der Waals surface area contributed by atoms with E-state index in [0.717, 1.165) is 34.8 Å². The summed E-state index contributed by atoms with van der Waals surface area (Å²) in [5.41, 5.74) is 2.11. The van der Waals surface area contributed by atoms with Crippen LogP contribution in [0.1, 0.15) is 44.7 Å². The molecule has 1 fully saturated rings. The zero-order valence-electron chi connectivity index (χ0n) is 13.6. The summed E-state index contributed by atoms with van der Waals surface area (Å²) in [6, 6.07) is 10.5. The van der Waals surface area contributed by atoms with Crippen LogP contribution < -0.4 is 10.1 Å². The number of benzene rings is 1. The summed E-state index contributed by atoms with van der Waals surface area (Å²) in [6.45, 7) is 3.10. The van der Waals surface area contributed by atoms with E-state index in [1.54, 1.807) is 0 Å².